The molecule has 38 heavy (non-hydrogen) atoms. The number of rotatable bonds is 14. The third-order valence-corrected chi connectivity index (χ3v) is 7.16. The Kier molecular flexibility index (Phi) is 11.7. The molecule has 0 aliphatic carbocycles. The highest BCUT2D eigenvalue weighted by Gasteiger charge is 2.20. The van der Waals surface area contributed by atoms with Gasteiger partial charge < -0.3 is 10.0 Å². The molecule has 2 aromatic rings. The van der Waals surface area contributed by atoms with Gasteiger partial charge in [-0.1, -0.05) is 89.0 Å². The minimum absolute atomic E-state index is 0.150. The normalized spacial score (nSPS) is 13.2. The maximum absolute atomic E-state index is 11.2. The lowest BCUT2D eigenvalue weighted by Gasteiger charge is -2.27. The van der Waals surface area contributed by atoms with E-state index in [-0.39, 0.29) is 5.57 Å². The van der Waals surface area contributed by atoms with Gasteiger partial charge in [-0.25, -0.2) is 4.85 Å². The molecule has 0 spiro atoms. The van der Waals surface area contributed by atoms with Crippen molar-refractivity contribution in [3.8, 4) is 6.07 Å². The van der Waals surface area contributed by atoms with Crippen molar-refractivity contribution in [3.05, 3.63) is 87.9 Å². The first-order valence-corrected chi connectivity index (χ1v) is 14.0. The summed E-state index contributed by atoms with van der Waals surface area (Å²) in [4.78, 5) is 16.7. The van der Waals surface area contributed by atoms with Gasteiger partial charge in [-0.2, -0.15) is 5.26 Å². The fourth-order valence-corrected chi connectivity index (χ4v) is 5.12. The van der Waals surface area contributed by atoms with Crippen molar-refractivity contribution in [3.63, 3.8) is 0 Å². The Labute approximate surface area is 227 Å². The summed E-state index contributed by atoms with van der Waals surface area (Å²) in [7, 11) is 0. The topological polar surface area (TPSA) is 68.7 Å². The molecule has 1 aliphatic heterocycles. The predicted molar refractivity (Wildman–Crippen MR) is 155 cm³/mol. The Morgan fingerprint density at radius 2 is 1.61 bits per heavy atom. The van der Waals surface area contributed by atoms with E-state index in [9.17, 15) is 10.1 Å². The number of unbranched alkanes of at least 4 members (excludes halogenated alkanes) is 9. The van der Waals surface area contributed by atoms with Crippen molar-refractivity contribution in [2.24, 2.45) is 0 Å². The number of aryl methyl sites for hydroxylation is 2. The first kappa shape index (κ1) is 28.7. The fourth-order valence-electron chi connectivity index (χ4n) is 5.12. The van der Waals surface area contributed by atoms with Crippen LogP contribution < -0.4 is 4.90 Å². The van der Waals surface area contributed by atoms with Crippen molar-refractivity contribution < 1.29 is 9.90 Å². The number of nitriles is 1. The molecule has 0 aromatic heterocycles. The molecule has 0 unspecified atom stereocenters. The van der Waals surface area contributed by atoms with Crippen LogP contribution in [0.1, 0.15) is 87.8 Å². The molecule has 0 fully saturated rings. The number of hydrogen-bond donors (Lipinski definition) is 1. The molecule has 1 aliphatic rings. The second-order valence-electron chi connectivity index (χ2n) is 10.0. The quantitative estimate of drug-likeness (QED) is 0.0909. The van der Waals surface area contributed by atoms with E-state index in [1.807, 2.05) is 12.1 Å². The maximum Gasteiger partial charge on any atom is 0.333 e. The zero-order valence-corrected chi connectivity index (χ0v) is 22.6. The van der Waals surface area contributed by atoms with E-state index in [0.29, 0.717) is 0 Å². The fraction of sp³-hybridized carbons (Fsp3) is 0.424. The monoisotopic (exact) mass is 509 g/mol. The molecule has 0 saturated carbocycles. The highest BCUT2D eigenvalue weighted by molar-refractivity contribution is 5.90. The van der Waals surface area contributed by atoms with Gasteiger partial charge in [0, 0.05) is 23.5 Å². The Bertz CT molecular complexity index is 1230. The Morgan fingerprint density at radius 1 is 0.974 bits per heavy atom. The van der Waals surface area contributed by atoms with E-state index in [1.54, 1.807) is 6.08 Å². The van der Waals surface area contributed by atoms with Crippen LogP contribution in [0.2, 0.25) is 0 Å². The molecule has 198 valence electrons. The molecule has 0 amide bonds. The molecule has 1 heterocycles. The number of anilines is 2. The minimum Gasteiger partial charge on any atom is -0.486 e. The van der Waals surface area contributed by atoms with Crippen molar-refractivity contribution in [1.29, 1.82) is 5.26 Å². The van der Waals surface area contributed by atoms with Crippen LogP contribution in [-0.4, -0.2) is 17.6 Å². The highest BCUT2D eigenvalue weighted by atomic mass is 16.4. The van der Waals surface area contributed by atoms with E-state index < -0.39 is 11.7 Å². The number of benzene rings is 2. The van der Waals surface area contributed by atoms with Gasteiger partial charge in [0.25, 0.3) is 5.70 Å². The standard InChI is InChI=1S/C33H39N3O2/c1-3-4-5-6-7-8-9-10-11-14-21-36-31-16-13-12-15-28(31)18-19-29-23-26(17-20-32(29)36)22-27(25-34)24-30(35-2)33(37)38/h12-13,15-17,20,22-24H,3-11,14,18-19,21H2,1H3,(H,37,38)/b27-22+,30-24+. The smallest absolute Gasteiger partial charge is 0.333 e. The second kappa shape index (κ2) is 15.4. The van der Waals surface area contributed by atoms with Gasteiger partial charge in [0.1, 0.15) is 0 Å². The largest absolute Gasteiger partial charge is 0.486 e. The molecule has 0 atom stereocenters. The Hall–Kier alpha value is -3.83. The lowest BCUT2D eigenvalue weighted by molar-refractivity contribution is -0.132. The number of carboxylic acids is 1. The van der Waals surface area contributed by atoms with E-state index in [1.165, 1.54) is 80.3 Å². The van der Waals surface area contributed by atoms with Crippen LogP contribution in [0.3, 0.4) is 0 Å². The summed E-state index contributed by atoms with van der Waals surface area (Å²) in [5.41, 5.74) is 5.54. The summed E-state index contributed by atoms with van der Waals surface area (Å²) in [6.07, 6.45) is 17.7. The summed E-state index contributed by atoms with van der Waals surface area (Å²) in [5.74, 6) is -1.33. The molecule has 0 radical (unpaired) electrons. The highest BCUT2D eigenvalue weighted by Crippen LogP contribution is 2.37. The van der Waals surface area contributed by atoms with Crippen LogP contribution in [0.4, 0.5) is 11.4 Å². The van der Waals surface area contributed by atoms with E-state index in [0.717, 1.165) is 37.4 Å². The van der Waals surface area contributed by atoms with Crippen molar-refractivity contribution >= 4 is 23.4 Å². The molecule has 2 aromatic carbocycles. The van der Waals surface area contributed by atoms with Crippen LogP contribution in [-0.2, 0) is 17.6 Å². The second-order valence-corrected chi connectivity index (χ2v) is 10.0. The zero-order valence-electron chi connectivity index (χ0n) is 22.6. The molecular weight excluding hydrogens is 470 g/mol. The molecule has 3 rings (SSSR count). The zero-order chi connectivity index (χ0) is 27.2. The van der Waals surface area contributed by atoms with Gasteiger partial charge in [0.2, 0.25) is 0 Å². The van der Waals surface area contributed by atoms with Crippen LogP contribution in [0.15, 0.2) is 59.8 Å². The number of carbonyl (C=O) groups is 1. The van der Waals surface area contributed by atoms with Gasteiger partial charge in [-0.05, 0) is 66.3 Å². The maximum atomic E-state index is 11.2. The predicted octanol–water partition coefficient (Wildman–Crippen LogP) is 8.64. The summed E-state index contributed by atoms with van der Waals surface area (Å²) in [6, 6.07) is 16.8. The number of aliphatic carboxylic acids is 1. The van der Waals surface area contributed by atoms with Crippen LogP contribution in [0, 0.1) is 17.9 Å². The average Bonchev–Trinajstić information content (AvgIpc) is 3.08. The van der Waals surface area contributed by atoms with Gasteiger partial charge >= 0.3 is 5.97 Å². The van der Waals surface area contributed by atoms with Crippen molar-refractivity contribution in [2.75, 3.05) is 11.4 Å². The Morgan fingerprint density at radius 3 is 2.26 bits per heavy atom. The number of nitrogens with zero attached hydrogens (tertiary/aromatic N) is 3. The van der Waals surface area contributed by atoms with Gasteiger partial charge in [-0.3, -0.25) is 4.79 Å². The number of carboxylic acid groups (broad SMARTS) is 1. The van der Waals surface area contributed by atoms with Crippen molar-refractivity contribution in [1.82, 2.24) is 0 Å². The molecule has 5 nitrogen and oxygen atoms in total. The number of para-hydroxylation sites is 1. The molecular formula is C33H39N3O2. The van der Waals surface area contributed by atoms with Gasteiger partial charge in [0.05, 0.1) is 12.6 Å². The van der Waals surface area contributed by atoms with Crippen molar-refractivity contribution in [2.45, 2.75) is 84.0 Å². The number of hydrogen-bond acceptors (Lipinski definition) is 3. The van der Waals surface area contributed by atoms with Crippen LogP contribution >= 0.6 is 0 Å². The molecule has 0 saturated heterocycles. The summed E-state index contributed by atoms with van der Waals surface area (Å²) >= 11 is 0. The van der Waals surface area contributed by atoms with Crippen LogP contribution in [0.25, 0.3) is 10.9 Å². The van der Waals surface area contributed by atoms with E-state index >= 15 is 0 Å². The number of fused-ring (bicyclic) bond motifs is 2. The average molecular weight is 510 g/mol. The lowest BCUT2D eigenvalue weighted by Crippen LogP contribution is -2.19. The lowest BCUT2D eigenvalue weighted by atomic mass is 10.0. The SMILES string of the molecule is [C-]#[N+]/C(=C/C(C#N)=C\c1ccc2c(c1)CCc1ccccc1N2CCCCCCCCCCCC)C(=O)O. The molecule has 0 bridgehead atoms. The summed E-state index contributed by atoms with van der Waals surface area (Å²) in [5, 5.41) is 18.6. The third kappa shape index (κ3) is 8.35. The van der Waals surface area contributed by atoms with Crippen LogP contribution in [0.5, 0.6) is 0 Å². The summed E-state index contributed by atoms with van der Waals surface area (Å²) in [6.45, 7) is 10.3. The molecule has 5 heteroatoms. The first-order valence-electron chi connectivity index (χ1n) is 14.0. The van der Waals surface area contributed by atoms with E-state index in [2.05, 4.69) is 53.1 Å². The summed E-state index contributed by atoms with van der Waals surface area (Å²) < 4.78 is 0. The van der Waals surface area contributed by atoms with Gasteiger partial charge in [-0.15, -0.1) is 0 Å². The van der Waals surface area contributed by atoms with E-state index in [4.69, 9.17) is 11.7 Å². The third-order valence-electron chi connectivity index (χ3n) is 7.16. The minimum atomic E-state index is -1.33. The number of allylic oxidation sites excluding steroid dienone is 2. The van der Waals surface area contributed by atoms with Gasteiger partial charge in [0.15, 0.2) is 0 Å². The first-order chi connectivity index (χ1) is 18.6. The Balaban J connectivity index is 1.72. The molecule has 1 N–H and O–H groups in total.